The largest absolute Gasteiger partial charge is 0.490 e. The molecule has 0 spiro atoms. The quantitative estimate of drug-likeness (QED) is 0.913. The Morgan fingerprint density at radius 1 is 1.46 bits per heavy atom. The average Bonchev–Trinajstić information content (AvgIpc) is 2.97. The van der Waals surface area contributed by atoms with E-state index in [-0.39, 0.29) is 18.1 Å². The number of nitriles is 1. The van der Waals surface area contributed by atoms with E-state index < -0.39 is 0 Å². The number of pyridine rings is 1. The summed E-state index contributed by atoms with van der Waals surface area (Å²) in [5.74, 6) is 1.06. The van der Waals surface area contributed by atoms with Crippen LogP contribution in [0.25, 0.3) is 10.8 Å². The highest BCUT2D eigenvalue weighted by molar-refractivity contribution is 5.89. The Bertz CT molecular complexity index is 811. The van der Waals surface area contributed by atoms with Gasteiger partial charge in [0.25, 0.3) is 0 Å². The lowest BCUT2D eigenvalue weighted by Gasteiger charge is -2.15. The molecule has 0 aliphatic carbocycles. The summed E-state index contributed by atoms with van der Waals surface area (Å²) in [5, 5.41) is 13.8. The molecule has 6 nitrogen and oxygen atoms in total. The molecule has 1 amide bonds. The molecule has 0 unspecified atom stereocenters. The Morgan fingerprint density at radius 3 is 2.96 bits per heavy atom. The van der Waals surface area contributed by atoms with Gasteiger partial charge in [0.1, 0.15) is 18.4 Å². The van der Waals surface area contributed by atoms with E-state index in [1.807, 2.05) is 19.9 Å². The second-order valence-corrected chi connectivity index (χ2v) is 6.08. The Morgan fingerprint density at radius 2 is 2.29 bits per heavy atom. The Hall–Kier alpha value is -2.81. The zero-order valence-electron chi connectivity index (χ0n) is 13.7. The first-order valence-electron chi connectivity index (χ1n) is 7.98. The molecule has 0 bridgehead atoms. The van der Waals surface area contributed by atoms with Crippen LogP contribution in [0.15, 0.2) is 24.4 Å². The second-order valence-electron chi connectivity index (χ2n) is 6.08. The van der Waals surface area contributed by atoms with E-state index in [0.717, 1.165) is 17.2 Å². The second kappa shape index (κ2) is 6.75. The minimum Gasteiger partial charge on any atom is -0.490 e. The third-order valence-electron chi connectivity index (χ3n) is 3.82. The van der Waals surface area contributed by atoms with Gasteiger partial charge in [-0.15, -0.1) is 0 Å². The highest BCUT2D eigenvalue weighted by atomic mass is 16.5. The Balaban J connectivity index is 1.90. The molecule has 3 rings (SSSR count). The average molecular weight is 325 g/mol. The number of nitrogens with zero attached hydrogens (tertiary/aromatic N) is 2. The van der Waals surface area contributed by atoms with E-state index >= 15 is 0 Å². The van der Waals surface area contributed by atoms with Crippen molar-refractivity contribution in [3.05, 3.63) is 30.0 Å². The van der Waals surface area contributed by atoms with Crippen LogP contribution in [0.3, 0.4) is 0 Å². The van der Waals surface area contributed by atoms with E-state index in [9.17, 15) is 10.1 Å². The van der Waals surface area contributed by atoms with Crippen LogP contribution < -0.4 is 14.8 Å². The number of hydrogen-bond donors (Lipinski definition) is 1. The first-order valence-corrected chi connectivity index (χ1v) is 7.98. The molecule has 1 aliphatic heterocycles. The predicted molar refractivity (Wildman–Crippen MR) is 88.9 cm³/mol. The van der Waals surface area contributed by atoms with Crippen molar-refractivity contribution in [3.8, 4) is 17.7 Å². The van der Waals surface area contributed by atoms with Gasteiger partial charge in [-0.1, -0.05) is 0 Å². The number of rotatable bonds is 5. The molecule has 2 aromatic rings. The number of carbonyl (C=O) groups excluding carboxylic acids is 1. The summed E-state index contributed by atoms with van der Waals surface area (Å²) in [6, 6.07) is 7.58. The fraction of sp³-hybridized carbons (Fsp3) is 0.389. The lowest BCUT2D eigenvalue weighted by Crippen LogP contribution is -2.31. The molecule has 1 fully saturated rings. The summed E-state index contributed by atoms with van der Waals surface area (Å²) in [6.07, 6.45) is 2.91. The molecule has 1 aliphatic rings. The normalized spacial score (nSPS) is 16.9. The predicted octanol–water partition coefficient (Wildman–Crippen LogP) is 2.55. The summed E-state index contributed by atoms with van der Waals surface area (Å²) in [6.45, 7) is 4.20. The molecular weight excluding hydrogens is 306 g/mol. The fourth-order valence-corrected chi connectivity index (χ4v) is 2.71. The Kier molecular flexibility index (Phi) is 4.52. The maximum absolute atomic E-state index is 11.3. The van der Waals surface area contributed by atoms with Crippen LogP contribution in [0, 0.1) is 11.3 Å². The van der Waals surface area contributed by atoms with E-state index in [4.69, 9.17) is 9.47 Å². The smallest absolute Gasteiger partial charge is 0.221 e. The molecule has 24 heavy (non-hydrogen) atoms. The summed E-state index contributed by atoms with van der Waals surface area (Å²) in [4.78, 5) is 15.6. The molecular formula is C18H19N3O3. The lowest BCUT2D eigenvalue weighted by molar-refractivity contribution is -0.119. The number of nitrogens with one attached hydrogen (secondary N) is 1. The van der Waals surface area contributed by atoms with E-state index in [0.29, 0.717) is 30.2 Å². The van der Waals surface area contributed by atoms with Crippen LogP contribution in [0.4, 0.5) is 0 Å². The molecule has 0 saturated carbocycles. The van der Waals surface area contributed by atoms with Gasteiger partial charge in [-0.2, -0.15) is 5.26 Å². The van der Waals surface area contributed by atoms with Gasteiger partial charge in [0.05, 0.1) is 17.7 Å². The molecule has 2 heterocycles. The summed E-state index contributed by atoms with van der Waals surface area (Å²) in [7, 11) is 0. The van der Waals surface area contributed by atoms with Gasteiger partial charge in [-0.3, -0.25) is 4.79 Å². The van der Waals surface area contributed by atoms with Crippen LogP contribution in [-0.2, 0) is 4.79 Å². The fourth-order valence-electron chi connectivity index (χ4n) is 2.71. The number of benzene rings is 1. The number of aromatic nitrogens is 1. The van der Waals surface area contributed by atoms with Crippen molar-refractivity contribution < 1.29 is 14.3 Å². The van der Waals surface area contributed by atoms with Crippen LogP contribution in [-0.4, -0.2) is 29.6 Å². The molecule has 1 N–H and O–H groups in total. The molecule has 0 radical (unpaired) electrons. The maximum Gasteiger partial charge on any atom is 0.221 e. The van der Waals surface area contributed by atoms with Crippen molar-refractivity contribution in [2.24, 2.45) is 0 Å². The topological polar surface area (TPSA) is 84.2 Å². The van der Waals surface area contributed by atoms with Gasteiger partial charge in [-0.05, 0) is 43.9 Å². The van der Waals surface area contributed by atoms with Crippen molar-refractivity contribution in [1.29, 1.82) is 5.26 Å². The van der Waals surface area contributed by atoms with Gasteiger partial charge in [0, 0.05) is 18.0 Å². The van der Waals surface area contributed by atoms with Crippen LogP contribution in [0.5, 0.6) is 11.6 Å². The number of fused-ring (bicyclic) bond motifs is 1. The van der Waals surface area contributed by atoms with E-state index in [1.165, 1.54) is 0 Å². The summed E-state index contributed by atoms with van der Waals surface area (Å²) >= 11 is 0. The maximum atomic E-state index is 11.3. The summed E-state index contributed by atoms with van der Waals surface area (Å²) < 4.78 is 11.5. The third-order valence-corrected chi connectivity index (χ3v) is 3.82. The lowest BCUT2D eigenvalue weighted by atomic mass is 10.1. The summed E-state index contributed by atoms with van der Waals surface area (Å²) in [5.41, 5.74) is 0.483. The van der Waals surface area contributed by atoms with Gasteiger partial charge < -0.3 is 14.8 Å². The van der Waals surface area contributed by atoms with E-state index in [1.54, 1.807) is 18.3 Å². The van der Waals surface area contributed by atoms with Crippen LogP contribution in [0.1, 0.15) is 32.3 Å². The Labute approximate surface area is 140 Å². The number of hydrogen-bond acceptors (Lipinski definition) is 5. The standard InChI is InChI=1S/C18H19N3O3/c1-11(2)24-16-8-15-12(7-13(16)9-19)5-6-20-18(15)23-10-14-3-4-17(22)21-14/h5-8,11,14H,3-4,10H2,1-2H3,(H,21,22)/t14-/m0/s1. The number of carbonyl (C=O) groups is 1. The minimum absolute atomic E-state index is 0.0133. The highest BCUT2D eigenvalue weighted by Gasteiger charge is 2.21. The van der Waals surface area contributed by atoms with Crippen molar-refractivity contribution in [2.75, 3.05) is 6.61 Å². The SMILES string of the molecule is CC(C)Oc1cc2c(OC[C@@H]3CCC(=O)N3)nccc2cc1C#N. The zero-order valence-corrected chi connectivity index (χ0v) is 13.7. The van der Waals surface area contributed by atoms with Crippen molar-refractivity contribution >= 4 is 16.7 Å². The number of amides is 1. The van der Waals surface area contributed by atoms with Crippen molar-refractivity contribution in [3.63, 3.8) is 0 Å². The van der Waals surface area contributed by atoms with Crippen LogP contribution >= 0.6 is 0 Å². The molecule has 124 valence electrons. The molecule has 1 saturated heterocycles. The van der Waals surface area contributed by atoms with E-state index in [2.05, 4.69) is 16.4 Å². The molecule has 1 aromatic heterocycles. The first-order chi connectivity index (χ1) is 11.6. The minimum atomic E-state index is -0.0377. The van der Waals surface area contributed by atoms with Gasteiger partial charge in [0.2, 0.25) is 11.8 Å². The first kappa shape index (κ1) is 16.1. The monoisotopic (exact) mass is 325 g/mol. The van der Waals surface area contributed by atoms with Gasteiger partial charge in [0.15, 0.2) is 0 Å². The third kappa shape index (κ3) is 3.40. The van der Waals surface area contributed by atoms with Crippen LogP contribution in [0.2, 0.25) is 0 Å². The van der Waals surface area contributed by atoms with Crippen molar-refractivity contribution in [1.82, 2.24) is 10.3 Å². The molecule has 1 aromatic carbocycles. The van der Waals surface area contributed by atoms with Crippen molar-refractivity contribution in [2.45, 2.75) is 38.8 Å². The zero-order chi connectivity index (χ0) is 17.1. The van der Waals surface area contributed by atoms with Gasteiger partial charge >= 0.3 is 0 Å². The molecule has 1 atom stereocenters. The molecule has 6 heteroatoms. The number of ether oxygens (including phenoxy) is 2. The van der Waals surface area contributed by atoms with Gasteiger partial charge in [-0.25, -0.2) is 4.98 Å². The highest BCUT2D eigenvalue weighted by Crippen LogP contribution is 2.31.